The number of hydrogen-bond acceptors (Lipinski definition) is 2. The first-order valence-electron chi connectivity index (χ1n) is 7.13. The third-order valence-corrected chi connectivity index (χ3v) is 4.78. The minimum absolute atomic E-state index is 0.240. The Morgan fingerprint density at radius 1 is 1.38 bits per heavy atom. The van der Waals surface area contributed by atoms with Crippen LogP contribution in [0, 0.1) is 19.7 Å². The van der Waals surface area contributed by atoms with Crippen molar-refractivity contribution in [3.8, 4) is 0 Å². The molecule has 1 atom stereocenters. The van der Waals surface area contributed by atoms with Crippen molar-refractivity contribution in [3.63, 3.8) is 0 Å². The van der Waals surface area contributed by atoms with Gasteiger partial charge in [0.05, 0.1) is 16.7 Å². The second kappa shape index (κ2) is 6.71. The number of nitrogens with one attached hydrogen (secondary N) is 1. The van der Waals surface area contributed by atoms with E-state index in [0.29, 0.717) is 17.1 Å². The van der Waals surface area contributed by atoms with Gasteiger partial charge in [-0.1, -0.05) is 19.1 Å². The fraction of sp³-hybridized carbons (Fsp3) is 0.438. The molecular formula is C16H21BrFN3. The summed E-state index contributed by atoms with van der Waals surface area (Å²) in [5.41, 5.74) is 4.29. The first-order valence-corrected chi connectivity index (χ1v) is 7.92. The highest BCUT2D eigenvalue weighted by atomic mass is 79.9. The molecule has 1 aromatic carbocycles. The molecule has 0 aliphatic carbocycles. The van der Waals surface area contributed by atoms with Crippen LogP contribution >= 0.6 is 15.9 Å². The summed E-state index contributed by atoms with van der Waals surface area (Å²) in [5, 5.41) is 7.95. The van der Waals surface area contributed by atoms with Gasteiger partial charge in [0.1, 0.15) is 5.82 Å². The van der Waals surface area contributed by atoms with Gasteiger partial charge in [-0.3, -0.25) is 4.68 Å². The zero-order valence-electron chi connectivity index (χ0n) is 12.9. The van der Waals surface area contributed by atoms with Gasteiger partial charge in [0.15, 0.2) is 0 Å². The van der Waals surface area contributed by atoms with Crippen LogP contribution in [0.25, 0.3) is 0 Å². The summed E-state index contributed by atoms with van der Waals surface area (Å²) in [6.07, 6.45) is 1.01. The SMILES string of the molecule is CCC(NC)c1c(C)nn(Cc2cccc(F)c2Br)c1C. The summed E-state index contributed by atoms with van der Waals surface area (Å²) in [6.45, 7) is 6.81. The maximum atomic E-state index is 13.6. The molecule has 1 aromatic heterocycles. The van der Waals surface area contributed by atoms with E-state index in [4.69, 9.17) is 0 Å². The lowest BCUT2D eigenvalue weighted by molar-refractivity contribution is 0.568. The van der Waals surface area contributed by atoms with Gasteiger partial charge >= 0.3 is 0 Å². The number of halogens is 2. The number of rotatable bonds is 5. The van der Waals surface area contributed by atoms with E-state index in [2.05, 4.69) is 40.2 Å². The van der Waals surface area contributed by atoms with Gasteiger partial charge in [-0.05, 0) is 54.9 Å². The molecule has 5 heteroatoms. The van der Waals surface area contributed by atoms with Crippen LogP contribution in [0.3, 0.4) is 0 Å². The largest absolute Gasteiger partial charge is 0.313 e. The first-order chi connectivity index (χ1) is 9.99. The Bertz CT molecular complexity index is 633. The number of benzene rings is 1. The van der Waals surface area contributed by atoms with Crippen LogP contribution < -0.4 is 5.32 Å². The van der Waals surface area contributed by atoms with E-state index >= 15 is 0 Å². The molecule has 2 aromatic rings. The van der Waals surface area contributed by atoms with Gasteiger partial charge in [0.25, 0.3) is 0 Å². The lowest BCUT2D eigenvalue weighted by Gasteiger charge is -2.15. The molecule has 0 saturated carbocycles. The second-order valence-electron chi connectivity index (χ2n) is 5.20. The number of aryl methyl sites for hydroxylation is 1. The van der Waals surface area contributed by atoms with Crippen LogP contribution in [-0.2, 0) is 6.54 Å². The number of nitrogens with zero attached hydrogens (tertiary/aromatic N) is 2. The van der Waals surface area contributed by atoms with E-state index in [0.717, 1.165) is 23.4 Å². The first kappa shape index (κ1) is 16.2. The summed E-state index contributed by atoms with van der Waals surface area (Å²) in [5.74, 6) is -0.240. The second-order valence-corrected chi connectivity index (χ2v) is 6.00. The Balaban J connectivity index is 2.38. The third kappa shape index (κ3) is 3.19. The van der Waals surface area contributed by atoms with Gasteiger partial charge < -0.3 is 5.32 Å². The fourth-order valence-electron chi connectivity index (χ4n) is 2.75. The van der Waals surface area contributed by atoms with Gasteiger partial charge in [-0.15, -0.1) is 0 Å². The van der Waals surface area contributed by atoms with Crippen molar-refractivity contribution in [3.05, 3.63) is 51.0 Å². The van der Waals surface area contributed by atoms with Crippen molar-refractivity contribution in [2.45, 2.75) is 39.8 Å². The van der Waals surface area contributed by atoms with Crippen LogP contribution in [-0.4, -0.2) is 16.8 Å². The molecule has 0 bridgehead atoms. The summed E-state index contributed by atoms with van der Waals surface area (Å²) < 4.78 is 16.1. The van der Waals surface area contributed by atoms with Crippen molar-refractivity contribution in [2.24, 2.45) is 0 Å². The topological polar surface area (TPSA) is 29.9 Å². The van der Waals surface area contributed by atoms with Crippen molar-refractivity contribution in [2.75, 3.05) is 7.05 Å². The predicted octanol–water partition coefficient (Wildman–Crippen LogP) is 4.12. The van der Waals surface area contributed by atoms with Gasteiger partial charge in [-0.25, -0.2) is 4.39 Å². The van der Waals surface area contributed by atoms with Gasteiger partial charge in [-0.2, -0.15) is 5.10 Å². The van der Waals surface area contributed by atoms with Gasteiger partial charge in [0, 0.05) is 17.3 Å². The molecule has 2 rings (SSSR count). The van der Waals surface area contributed by atoms with E-state index in [1.165, 1.54) is 11.6 Å². The lowest BCUT2D eigenvalue weighted by atomic mass is 10.0. The van der Waals surface area contributed by atoms with Gasteiger partial charge in [0.2, 0.25) is 0 Å². The monoisotopic (exact) mass is 353 g/mol. The fourth-order valence-corrected chi connectivity index (χ4v) is 3.14. The lowest BCUT2D eigenvalue weighted by Crippen LogP contribution is -2.17. The Morgan fingerprint density at radius 3 is 2.71 bits per heavy atom. The average molecular weight is 354 g/mol. The highest BCUT2D eigenvalue weighted by molar-refractivity contribution is 9.10. The maximum Gasteiger partial charge on any atom is 0.137 e. The summed E-state index contributed by atoms with van der Waals surface area (Å²) in [6, 6.07) is 5.40. The highest BCUT2D eigenvalue weighted by Gasteiger charge is 2.19. The molecule has 0 amide bonds. The van der Waals surface area contributed by atoms with Crippen molar-refractivity contribution < 1.29 is 4.39 Å². The van der Waals surface area contributed by atoms with Crippen molar-refractivity contribution in [1.82, 2.24) is 15.1 Å². The quantitative estimate of drug-likeness (QED) is 0.875. The molecule has 0 fully saturated rings. The van der Waals surface area contributed by atoms with E-state index < -0.39 is 0 Å². The highest BCUT2D eigenvalue weighted by Crippen LogP contribution is 2.26. The van der Waals surface area contributed by atoms with Crippen LogP contribution in [0.15, 0.2) is 22.7 Å². The van der Waals surface area contributed by atoms with E-state index in [-0.39, 0.29) is 5.82 Å². The van der Waals surface area contributed by atoms with E-state index in [1.807, 2.05) is 24.7 Å². The Labute approximate surface area is 133 Å². The van der Waals surface area contributed by atoms with Crippen LogP contribution in [0.2, 0.25) is 0 Å². The van der Waals surface area contributed by atoms with Crippen LogP contribution in [0.4, 0.5) is 4.39 Å². The van der Waals surface area contributed by atoms with Crippen molar-refractivity contribution >= 4 is 15.9 Å². The smallest absolute Gasteiger partial charge is 0.137 e. The molecule has 1 unspecified atom stereocenters. The third-order valence-electron chi connectivity index (χ3n) is 3.89. The predicted molar refractivity (Wildman–Crippen MR) is 87.0 cm³/mol. The van der Waals surface area contributed by atoms with Crippen LogP contribution in [0.5, 0.6) is 0 Å². The molecule has 1 N–H and O–H groups in total. The molecule has 3 nitrogen and oxygen atoms in total. The number of aromatic nitrogens is 2. The Hall–Kier alpha value is -1.20. The number of hydrogen-bond donors (Lipinski definition) is 1. The molecule has 0 radical (unpaired) electrons. The zero-order valence-corrected chi connectivity index (χ0v) is 14.5. The molecule has 0 aliphatic heterocycles. The molecule has 0 spiro atoms. The summed E-state index contributed by atoms with van der Waals surface area (Å²) in [7, 11) is 1.97. The van der Waals surface area contributed by atoms with E-state index in [9.17, 15) is 4.39 Å². The molecule has 0 saturated heterocycles. The summed E-state index contributed by atoms with van der Waals surface area (Å²) in [4.78, 5) is 0. The van der Waals surface area contributed by atoms with E-state index in [1.54, 1.807) is 6.07 Å². The minimum atomic E-state index is -0.240. The minimum Gasteiger partial charge on any atom is -0.313 e. The van der Waals surface area contributed by atoms with Crippen molar-refractivity contribution in [1.29, 1.82) is 0 Å². The molecule has 21 heavy (non-hydrogen) atoms. The molecular weight excluding hydrogens is 333 g/mol. The molecule has 114 valence electrons. The standard InChI is InChI=1S/C16H21BrFN3/c1-5-14(19-4)15-10(2)20-21(11(15)3)9-12-7-6-8-13(18)16(12)17/h6-8,14,19H,5,9H2,1-4H3. The summed E-state index contributed by atoms with van der Waals surface area (Å²) >= 11 is 3.32. The Morgan fingerprint density at radius 2 is 2.10 bits per heavy atom. The Kier molecular flexibility index (Phi) is 5.17. The van der Waals surface area contributed by atoms with Crippen LogP contribution in [0.1, 0.15) is 41.9 Å². The zero-order chi connectivity index (χ0) is 15.6. The molecule has 0 aliphatic rings. The average Bonchev–Trinajstić information content (AvgIpc) is 2.73. The maximum absolute atomic E-state index is 13.6. The molecule has 1 heterocycles. The normalized spacial score (nSPS) is 12.7.